The summed E-state index contributed by atoms with van der Waals surface area (Å²) in [5, 5.41) is 3.04. The molecule has 3 N–H and O–H groups in total. The van der Waals surface area contributed by atoms with Crippen LogP contribution >= 0.6 is 15.9 Å². The number of rotatable bonds is 3. The lowest BCUT2D eigenvalue weighted by molar-refractivity contribution is 0.416. The molecular formula is C14H14BrFN2O. The van der Waals surface area contributed by atoms with Crippen LogP contribution in [0.1, 0.15) is 5.56 Å². The van der Waals surface area contributed by atoms with E-state index in [2.05, 4.69) is 21.2 Å². The molecule has 100 valence electrons. The van der Waals surface area contributed by atoms with E-state index in [0.717, 1.165) is 15.7 Å². The number of benzene rings is 2. The maximum Gasteiger partial charge on any atom is 0.148 e. The van der Waals surface area contributed by atoms with Gasteiger partial charge in [0.15, 0.2) is 0 Å². The van der Waals surface area contributed by atoms with Crippen LogP contribution in [0.25, 0.3) is 0 Å². The first-order valence-electron chi connectivity index (χ1n) is 5.67. The van der Waals surface area contributed by atoms with Crippen molar-refractivity contribution in [3.05, 3.63) is 46.2 Å². The third kappa shape index (κ3) is 2.98. The van der Waals surface area contributed by atoms with Crippen molar-refractivity contribution < 1.29 is 9.13 Å². The Morgan fingerprint density at radius 3 is 2.63 bits per heavy atom. The Morgan fingerprint density at radius 1 is 1.21 bits per heavy atom. The fraction of sp³-hybridized carbons (Fsp3) is 0.143. The molecule has 2 aromatic rings. The molecule has 0 heterocycles. The summed E-state index contributed by atoms with van der Waals surface area (Å²) in [5.74, 6) is 0.0224. The lowest BCUT2D eigenvalue weighted by Crippen LogP contribution is -2.00. The summed E-state index contributed by atoms with van der Waals surface area (Å²) in [7, 11) is 1.50. The average molecular weight is 325 g/mol. The smallest absolute Gasteiger partial charge is 0.148 e. The van der Waals surface area contributed by atoms with Gasteiger partial charge in [-0.25, -0.2) is 4.39 Å². The van der Waals surface area contributed by atoms with Crippen molar-refractivity contribution in [2.75, 3.05) is 18.2 Å². The summed E-state index contributed by atoms with van der Waals surface area (Å²) in [4.78, 5) is 0. The molecule has 0 aliphatic rings. The van der Waals surface area contributed by atoms with Gasteiger partial charge in [0.25, 0.3) is 0 Å². The molecule has 2 aromatic carbocycles. The largest absolute Gasteiger partial charge is 0.495 e. The van der Waals surface area contributed by atoms with Crippen LogP contribution in [-0.4, -0.2) is 7.11 Å². The molecule has 0 bridgehead atoms. The van der Waals surface area contributed by atoms with Crippen LogP contribution in [0.2, 0.25) is 0 Å². The molecule has 3 nitrogen and oxygen atoms in total. The van der Waals surface area contributed by atoms with Crippen LogP contribution in [0.5, 0.6) is 5.75 Å². The van der Waals surface area contributed by atoms with E-state index in [1.807, 2.05) is 25.1 Å². The monoisotopic (exact) mass is 324 g/mol. The van der Waals surface area contributed by atoms with E-state index in [9.17, 15) is 4.39 Å². The van der Waals surface area contributed by atoms with E-state index in [0.29, 0.717) is 11.4 Å². The number of hydrogen-bond acceptors (Lipinski definition) is 3. The number of aryl methyl sites for hydroxylation is 1. The van der Waals surface area contributed by atoms with Gasteiger partial charge in [-0.05, 0) is 24.6 Å². The molecule has 0 aliphatic heterocycles. The quantitative estimate of drug-likeness (QED) is 0.830. The number of methoxy groups -OCH3 is 1. The Kier molecular flexibility index (Phi) is 3.95. The highest BCUT2D eigenvalue weighted by atomic mass is 79.9. The predicted octanol–water partition coefficient (Wildman–Crippen LogP) is 4.23. The van der Waals surface area contributed by atoms with E-state index in [1.54, 1.807) is 6.07 Å². The normalized spacial score (nSPS) is 10.3. The van der Waals surface area contributed by atoms with Crippen LogP contribution in [0.15, 0.2) is 34.8 Å². The fourth-order valence-electron chi connectivity index (χ4n) is 1.72. The molecule has 0 atom stereocenters. The number of ether oxygens (including phenoxy) is 1. The van der Waals surface area contributed by atoms with Crippen LogP contribution in [-0.2, 0) is 0 Å². The first-order chi connectivity index (χ1) is 9.01. The number of hydrogen-bond donors (Lipinski definition) is 2. The number of nitrogen functional groups attached to an aromatic ring is 1. The third-order valence-corrected chi connectivity index (χ3v) is 3.28. The van der Waals surface area contributed by atoms with Crippen molar-refractivity contribution in [2.45, 2.75) is 6.92 Å². The summed E-state index contributed by atoms with van der Waals surface area (Å²) in [6.45, 7) is 1.95. The Labute approximate surface area is 119 Å². The van der Waals surface area contributed by atoms with Crippen LogP contribution in [0, 0.1) is 12.7 Å². The van der Waals surface area contributed by atoms with Gasteiger partial charge in [-0.2, -0.15) is 0 Å². The minimum atomic E-state index is -0.419. The first kappa shape index (κ1) is 13.7. The molecule has 0 fully saturated rings. The van der Waals surface area contributed by atoms with Gasteiger partial charge < -0.3 is 15.8 Å². The number of nitrogens with two attached hydrogens (primary N) is 1. The van der Waals surface area contributed by atoms with Crippen molar-refractivity contribution in [3.8, 4) is 5.75 Å². The maximum atomic E-state index is 13.9. The van der Waals surface area contributed by atoms with Crippen molar-refractivity contribution in [1.29, 1.82) is 0 Å². The summed E-state index contributed by atoms with van der Waals surface area (Å²) >= 11 is 3.39. The highest BCUT2D eigenvalue weighted by Crippen LogP contribution is 2.31. The molecule has 2 rings (SSSR count). The lowest BCUT2D eigenvalue weighted by Gasteiger charge is -2.13. The first-order valence-corrected chi connectivity index (χ1v) is 6.46. The number of anilines is 3. The molecule has 0 aromatic heterocycles. The van der Waals surface area contributed by atoms with Crippen molar-refractivity contribution in [3.63, 3.8) is 0 Å². The third-order valence-electron chi connectivity index (χ3n) is 2.79. The summed E-state index contributed by atoms with van der Waals surface area (Å²) < 4.78 is 19.9. The fourth-order valence-corrected chi connectivity index (χ4v) is 2.08. The van der Waals surface area contributed by atoms with Crippen LogP contribution < -0.4 is 15.8 Å². The topological polar surface area (TPSA) is 47.3 Å². The second-order valence-electron chi connectivity index (χ2n) is 4.16. The summed E-state index contributed by atoms with van der Waals surface area (Å²) in [6, 6.07) is 8.55. The molecule has 0 aliphatic carbocycles. The Balaban J connectivity index is 2.40. The van der Waals surface area contributed by atoms with Crippen molar-refractivity contribution in [1.82, 2.24) is 0 Å². The van der Waals surface area contributed by atoms with Crippen molar-refractivity contribution in [2.24, 2.45) is 0 Å². The van der Waals surface area contributed by atoms with Gasteiger partial charge in [-0.1, -0.05) is 22.0 Å². The summed E-state index contributed by atoms with van der Waals surface area (Å²) in [5.41, 5.74) is 8.08. The van der Waals surface area contributed by atoms with Gasteiger partial charge in [-0.15, -0.1) is 0 Å². The molecule has 0 saturated carbocycles. The average Bonchev–Trinajstić information content (AvgIpc) is 2.37. The van der Waals surface area contributed by atoms with Crippen LogP contribution in [0.3, 0.4) is 0 Å². The molecule has 0 spiro atoms. The second-order valence-corrected chi connectivity index (χ2v) is 5.07. The van der Waals surface area contributed by atoms with Gasteiger partial charge in [-0.3, -0.25) is 0 Å². The zero-order valence-electron chi connectivity index (χ0n) is 10.6. The van der Waals surface area contributed by atoms with Gasteiger partial charge >= 0.3 is 0 Å². The predicted molar refractivity (Wildman–Crippen MR) is 79.5 cm³/mol. The lowest BCUT2D eigenvalue weighted by atomic mass is 10.2. The Bertz CT molecular complexity index is 617. The van der Waals surface area contributed by atoms with E-state index < -0.39 is 5.82 Å². The summed E-state index contributed by atoms with van der Waals surface area (Å²) in [6.07, 6.45) is 0. The van der Waals surface area contributed by atoms with Crippen molar-refractivity contribution >= 4 is 33.0 Å². The SMILES string of the molecule is COc1cc(Nc2cc(Br)ccc2C)c(F)cc1N. The van der Waals surface area contributed by atoms with Gasteiger partial charge in [0, 0.05) is 22.3 Å². The van der Waals surface area contributed by atoms with Gasteiger partial charge in [0.1, 0.15) is 11.6 Å². The molecule has 0 amide bonds. The van der Waals surface area contributed by atoms with E-state index in [4.69, 9.17) is 10.5 Å². The zero-order valence-corrected chi connectivity index (χ0v) is 12.2. The Morgan fingerprint density at radius 2 is 1.95 bits per heavy atom. The van der Waals surface area contributed by atoms with Gasteiger partial charge in [0.05, 0.1) is 18.5 Å². The second kappa shape index (κ2) is 5.48. The van der Waals surface area contributed by atoms with E-state index in [-0.39, 0.29) is 5.69 Å². The zero-order chi connectivity index (χ0) is 14.0. The highest BCUT2D eigenvalue weighted by Gasteiger charge is 2.09. The highest BCUT2D eigenvalue weighted by molar-refractivity contribution is 9.10. The molecular weight excluding hydrogens is 311 g/mol. The van der Waals surface area contributed by atoms with E-state index in [1.165, 1.54) is 13.2 Å². The standard InChI is InChI=1S/C14H14BrFN2O/c1-8-3-4-9(15)5-12(8)18-13-7-14(19-2)11(17)6-10(13)16/h3-7,18H,17H2,1-2H3. The molecule has 0 unspecified atom stereocenters. The number of halogens is 2. The molecule has 0 radical (unpaired) electrons. The number of nitrogens with one attached hydrogen (secondary N) is 1. The molecule has 0 saturated heterocycles. The van der Waals surface area contributed by atoms with Crippen LogP contribution in [0.4, 0.5) is 21.5 Å². The molecule has 19 heavy (non-hydrogen) atoms. The van der Waals surface area contributed by atoms with E-state index >= 15 is 0 Å². The minimum absolute atomic E-state index is 0.275. The van der Waals surface area contributed by atoms with Gasteiger partial charge in [0.2, 0.25) is 0 Å². The molecule has 5 heteroatoms. The minimum Gasteiger partial charge on any atom is -0.495 e. The Hall–Kier alpha value is -1.75. The maximum absolute atomic E-state index is 13.9.